The molecule has 0 saturated heterocycles. The lowest BCUT2D eigenvalue weighted by Gasteiger charge is -2.19. The monoisotopic (exact) mass is 196 g/mol. The molecule has 3 nitrogen and oxygen atoms in total. The van der Waals surface area contributed by atoms with E-state index in [1.165, 1.54) is 6.42 Å². The summed E-state index contributed by atoms with van der Waals surface area (Å²) in [6.07, 6.45) is 2.92. The third-order valence-corrected chi connectivity index (χ3v) is 2.18. The summed E-state index contributed by atoms with van der Waals surface area (Å²) >= 11 is 0. The van der Waals surface area contributed by atoms with Crippen molar-refractivity contribution in [1.29, 1.82) is 0 Å². The highest BCUT2D eigenvalue weighted by molar-refractivity contribution is 4.97. The van der Waals surface area contributed by atoms with Crippen LogP contribution >= 0.6 is 0 Å². The summed E-state index contributed by atoms with van der Waals surface area (Å²) in [6.45, 7) is 6.35. The topological polar surface area (TPSA) is 28.4 Å². The number of likely N-dealkylation sites (N-methyl/N-ethyl adjacent to an activating group) is 1. The lowest BCUT2D eigenvalue weighted by molar-refractivity contribution is 0.246. The van der Waals surface area contributed by atoms with E-state index in [1.54, 1.807) is 6.26 Å². The first kappa shape index (κ1) is 11.3. The summed E-state index contributed by atoms with van der Waals surface area (Å²) in [5.74, 6) is 1.05. The number of rotatable bonds is 7. The quantitative estimate of drug-likeness (QED) is 0.719. The van der Waals surface area contributed by atoms with Crippen molar-refractivity contribution in [3.8, 4) is 0 Å². The van der Waals surface area contributed by atoms with Crippen molar-refractivity contribution >= 4 is 0 Å². The van der Waals surface area contributed by atoms with E-state index < -0.39 is 0 Å². The van der Waals surface area contributed by atoms with Crippen LogP contribution in [-0.2, 0) is 6.54 Å². The van der Waals surface area contributed by atoms with Gasteiger partial charge in [-0.05, 0) is 32.1 Å². The van der Waals surface area contributed by atoms with Gasteiger partial charge in [-0.15, -0.1) is 0 Å². The zero-order valence-corrected chi connectivity index (χ0v) is 9.12. The van der Waals surface area contributed by atoms with Crippen molar-refractivity contribution in [2.24, 2.45) is 0 Å². The standard InChI is InChI=1S/C11H20N2O/c1-3-7-13(8-6-12-2)10-11-5-4-9-14-11/h4-5,9,12H,3,6-8,10H2,1-2H3. The smallest absolute Gasteiger partial charge is 0.117 e. The highest BCUT2D eigenvalue weighted by Crippen LogP contribution is 2.05. The molecule has 1 rings (SSSR count). The summed E-state index contributed by atoms with van der Waals surface area (Å²) in [7, 11) is 1.98. The maximum atomic E-state index is 5.33. The van der Waals surface area contributed by atoms with Gasteiger partial charge < -0.3 is 9.73 Å². The Bertz CT molecular complexity index is 221. The average Bonchev–Trinajstić information content (AvgIpc) is 2.67. The van der Waals surface area contributed by atoms with Crippen molar-refractivity contribution in [2.75, 3.05) is 26.7 Å². The first-order valence-corrected chi connectivity index (χ1v) is 5.26. The van der Waals surface area contributed by atoms with E-state index in [0.29, 0.717) is 0 Å². The second-order valence-electron chi connectivity index (χ2n) is 3.46. The molecule has 1 aromatic rings. The first-order valence-electron chi connectivity index (χ1n) is 5.26. The molecule has 0 radical (unpaired) electrons. The van der Waals surface area contributed by atoms with Crippen LogP contribution in [-0.4, -0.2) is 31.6 Å². The molecular weight excluding hydrogens is 176 g/mol. The van der Waals surface area contributed by atoms with Crippen molar-refractivity contribution < 1.29 is 4.42 Å². The third-order valence-electron chi connectivity index (χ3n) is 2.18. The molecule has 0 spiro atoms. The molecule has 0 aliphatic carbocycles. The van der Waals surface area contributed by atoms with E-state index >= 15 is 0 Å². The molecule has 80 valence electrons. The van der Waals surface area contributed by atoms with Crippen LogP contribution in [0, 0.1) is 0 Å². The van der Waals surface area contributed by atoms with Gasteiger partial charge in [-0.1, -0.05) is 6.92 Å². The fourth-order valence-corrected chi connectivity index (χ4v) is 1.48. The largest absolute Gasteiger partial charge is 0.468 e. The zero-order valence-electron chi connectivity index (χ0n) is 9.12. The highest BCUT2D eigenvalue weighted by Gasteiger charge is 2.05. The summed E-state index contributed by atoms with van der Waals surface area (Å²) in [4.78, 5) is 2.40. The van der Waals surface area contributed by atoms with Crippen molar-refractivity contribution in [3.05, 3.63) is 24.2 Å². The van der Waals surface area contributed by atoms with Crippen molar-refractivity contribution in [1.82, 2.24) is 10.2 Å². The van der Waals surface area contributed by atoms with Crippen LogP contribution in [0.5, 0.6) is 0 Å². The SMILES string of the molecule is CCCN(CCNC)Cc1ccco1. The Kier molecular flexibility index (Phi) is 5.33. The molecule has 14 heavy (non-hydrogen) atoms. The van der Waals surface area contributed by atoms with E-state index in [4.69, 9.17) is 4.42 Å². The Labute approximate surface area is 86.1 Å². The van der Waals surface area contributed by atoms with Crippen LogP contribution < -0.4 is 5.32 Å². The molecule has 0 amide bonds. The average molecular weight is 196 g/mol. The lowest BCUT2D eigenvalue weighted by Crippen LogP contribution is -2.30. The highest BCUT2D eigenvalue weighted by atomic mass is 16.3. The Morgan fingerprint density at radius 3 is 2.86 bits per heavy atom. The van der Waals surface area contributed by atoms with Crippen LogP contribution in [0.25, 0.3) is 0 Å². The molecule has 0 saturated carbocycles. The van der Waals surface area contributed by atoms with Gasteiger partial charge in [0.15, 0.2) is 0 Å². The molecule has 0 aliphatic rings. The predicted molar refractivity (Wildman–Crippen MR) is 58.2 cm³/mol. The summed E-state index contributed by atoms with van der Waals surface area (Å²) in [5.41, 5.74) is 0. The number of nitrogens with one attached hydrogen (secondary N) is 1. The van der Waals surface area contributed by atoms with Crippen molar-refractivity contribution in [3.63, 3.8) is 0 Å². The predicted octanol–water partition coefficient (Wildman–Crippen LogP) is 1.71. The van der Waals surface area contributed by atoms with E-state index in [-0.39, 0.29) is 0 Å². The fourth-order valence-electron chi connectivity index (χ4n) is 1.48. The van der Waals surface area contributed by atoms with E-state index in [2.05, 4.69) is 17.1 Å². The van der Waals surface area contributed by atoms with Gasteiger partial charge in [-0.25, -0.2) is 0 Å². The summed E-state index contributed by atoms with van der Waals surface area (Å²) in [5, 5.41) is 3.16. The minimum atomic E-state index is 0.919. The first-order chi connectivity index (χ1) is 6.86. The van der Waals surface area contributed by atoms with Gasteiger partial charge in [0, 0.05) is 13.1 Å². The fraction of sp³-hybridized carbons (Fsp3) is 0.636. The van der Waals surface area contributed by atoms with E-state index in [0.717, 1.165) is 31.9 Å². The molecular formula is C11H20N2O. The Hall–Kier alpha value is -0.800. The van der Waals surface area contributed by atoms with Gasteiger partial charge in [0.05, 0.1) is 12.8 Å². The van der Waals surface area contributed by atoms with Crippen LogP contribution in [0.2, 0.25) is 0 Å². The van der Waals surface area contributed by atoms with Gasteiger partial charge in [0.25, 0.3) is 0 Å². The number of nitrogens with zero attached hydrogens (tertiary/aromatic N) is 1. The zero-order chi connectivity index (χ0) is 10.2. The number of furan rings is 1. The molecule has 0 atom stereocenters. The number of hydrogen-bond donors (Lipinski definition) is 1. The van der Waals surface area contributed by atoms with Crippen LogP contribution in [0.15, 0.2) is 22.8 Å². The second kappa shape index (κ2) is 6.62. The Morgan fingerprint density at radius 1 is 1.43 bits per heavy atom. The molecule has 0 aliphatic heterocycles. The third kappa shape index (κ3) is 3.94. The summed E-state index contributed by atoms with van der Waals surface area (Å²) in [6, 6.07) is 3.97. The van der Waals surface area contributed by atoms with Crippen LogP contribution in [0.3, 0.4) is 0 Å². The molecule has 0 fully saturated rings. The van der Waals surface area contributed by atoms with Gasteiger partial charge >= 0.3 is 0 Å². The van der Waals surface area contributed by atoms with E-state index in [9.17, 15) is 0 Å². The van der Waals surface area contributed by atoms with Crippen LogP contribution in [0.1, 0.15) is 19.1 Å². The molecule has 0 aromatic carbocycles. The Morgan fingerprint density at radius 2 is 2.29 bits per heavy atom. The normalized spacial score (nSPS) is 11.1. The molecule has 1 heterocycles. The van der Waals surface area contributed by atoms with Crippen LogP contribution in [0.4, 0.5) is 0 Å². The number of hydrogen-bond acceptors (Lipinski definition) is 3. The maximum absolute atomic E-state index is 5.33. The van der Waals surface area contributed by atoms with Gasteiger partial charge in [0.2, 0.25) is 0 Å². The minimum absolute atomic E-state index is 0.919. The molecule has 1 aromatic heterocycles. The molecule has 1 N–H and O–H groups in total. The van der Waals surface area contributed by atoms with Gasteiger partial charge in [-0.2, -0.15) is 0 Å². The second-order valence-corrected chi connectivity index (χ2v) is 3.46. The Balaban J connectivity index is 2.34. The minimum Gasteiger partial charge on any atom is -0.468 e. The van der Waals surface area contributed by atoms with E-state index in [1.807, 2.05) is 19.2 Å². The summed E-state index contributed by atoms with van der Waals surface area (Å²) < 4.78 is 5.33. The molecule has 0 unspecified atom stereocenters. The molecule has 0 bridgehead atoms. The lowest BCUT2D eigenvalue weighted by atomic mass is 10.3. The van der Waals surface area contributed by atoms with Gasteiger partial charge in [0.1, 0.15) is 5.76 Å². The van der Waals surface area contributed by atoms with Gasteiger partial charge in [-0.3, -0.25) is 4.90 Å². The van der Waals surface area contributed by atoms with Crippen molar-refractivity contribution in [2.45, 2.75) is 19.9 Å². The maximum Gasteiger partial charge on any atom is 0.117 e. The molecule has 3 heteroatoms.